The lowest BCUT2D eigenvalue weighted by molar-refractivity contribution is -0.116. The minimum atomic E-state index is -0.0743. The number of amides is 1. The van der Waals surface area contributed by atoms with E-state index in [4.69, 9.17) is 9.47 Å². The van der Waals surface area contributed by atoms with Crippen molar-refractivity contribution < 1.29 is 14.3 Å². The molecule has 24 heavy (non-hydrogen) atoms. The fourth-order valence-corrected chi connectivity index (χ4v) is 2.29. The van der Waals surface area contributed by atoms with E-state index in [1.807, 2.05) is 6.07 Å². The summed E-state index contributed by atoms with van der Waals surface area (Å²) in [4.78, 5) is 12.1. The van der Waals surface area contributed by atoms with Gasteiger partial charge in [-0.3, -0.25) is 4.79 Å². The fraction of sp³-hybridized carbons (Fsp3) is 0.316. The molecule has 1 amide bonds. The van der Waals surface area contributed by atoms with Gasteiger partial charge in [0.2, 0.25) is 5.91 Å². The SMILES string of the molecule is COc1ccc(NC(=O)CCNc2ccc(C)c(C)c2)c(OC)c1. The van der Waals surface area contributed by atoms with Crippen LogP contribution < -0.4 is 20.1 Å². The highest BCUT2D eigenvalue weighted by molar-refractivity contribution is 5.92. The summed E-state index contributed by atoms with van der Waals surface area (Å²) in [5.41, 5.74) is 4.14. The Morgan fingerprint density at radius 3 is 2.46 bits per heavy atom. The molecule has 0 spiro atoms. The third-order valence-corrected chi connectivity index (χ3v) is 3.87. The maximum absolute atomic E-state index is 12.1. The van der Waals surface area contributed by atoms with Crippen molar-refractivity contribution in [2.45, 2.75) is 20.3 Å². The number of aryl methyl sites for hydroxylation is 2. The molecule has 0 heterocycles. The Labute approximate surface area is 143 Å². The van der Waals surface area contributed by atoms with Gasteiger partial charge in [-0.1, -0.05) is 6.07 Å². The summed E-state index contributed by atoms with van der Waals surface area (Å²) in [6, 6.07) is 11.5. The molecule has 0 unspecified atom stereocenters. The lowest BCUT2D eigenvalue weighted by Crippen LogP contribution is -2.16. The Morgan fingerprint density at radius 2 is 1.79 bits per heavy atom. The first kappa shape index (κ1) is 17.7. The molecule has 0 aromatic heterocycles. The van der Waals surface area contributed by atoms with Gasteiger partial charge in [0, 0.05) is 24.7 Å². The molecule has 0 radical (unpaired) electrons. The van der Waals surface area contributed by atoms with E-state index in [2.05, 4.69) is 36.6 Å². The average molecular weight is 328 g/mol. The minimum Gasteiger partial charge on any atom is -0.497 e. The van der Waals surface area contributed by atoms with E-state index in [1.54, 1.807) is 32.4 Å². The predicted octanol–water partition coefficient (Wildman–Crippen LogP) is 3.76. The van der Waals surface area contributed by atoms with Crippen LogP contribution in [0.25, 0.3) is 0 Å². The largest absolute Gasteiger partial charge is 0.497 e. The van der Waals surface area contributed by atoms with Crippen molar-refractivity contribution in [2.75, 3.05) is 31.4 Å². The summed E-state index contributed by atoms with van der Waals surface area (Å²) >= 11 is 0. The van der Waals surface area contributed by atoms with Gasteiger partial charge < -0.3 is 20.1 Å². The summed E-state index contributed by atoms with van der Waals surface area (Å²) < 4.78 is 10.4. The van der Waals surface area contributed by atoms with Gasteiger partial charge in [-0.2, -0.15) is 0 Å². The minimum absolute atomic E-state index is 0.0743. The zero-order valence-corrected chi connectivity index (χ0v) is 14.6. The average Bonchev–Trinajstić information content (AvgIpc) is 2.58. The summed E-state index contributed by atoms with van der Waals surface area (Å²) in [5, 5.41) is 6.12. The number of carbonyl (C=O) groups excluding carboxylic acids is 1. The van der Waals surface area contributed by atoms with Crippen molar-refractivity contribution in [3.63, 3.8) is 0 Å². The molecule has 0 saturated heterocycles. The standard InChI is InChI=1S/C19H24N2O3/c1-13-5-6-15(11-14(13)2)20-10-9-19(22)21-17-8-7-16(23-3)12-18(17)24-4/h5-8,11-12,20H,9-10H2,1-4H3,(H,21,22). The quantitative estimate of drug-likeness (QED) is 0.812. The van der Waals surface area contributed by atoms with E-state index < -0.39 is 0 Å². The van der Waals surface area contributed by atoms with Gasteiger partial charge in [-0.25, -0.2) is 0 Å². The second-order valence-electron chi connectivity index (χ2n) is 5.59. The lowest BCUT2D eigenvalue weighted by Gasteiger charge is -2.12. The first-order valence-electron chi connectivity index (χ1n) is 7.86. The highest BCUT2D eigenvalue weighted by atomic mass is 16.5. The molecular weight excluding hydrogens is 304 g/mol. The van der Waals surface area contributed by atoms with Crippen LogP contribution in [-0.2, 0) is 4.79 Å². The molecule has 5 nitrogen and oxygen atoms in total. The van der Waals surface area contributed by atoms with Gasteiger partial charge >= 0.3 is 0 Å². The number of carbonyl (C=O) groups is 1. The van der Waals surface area contributed by atoms with Crippen molar-refractivity contribution >= 4 is 17.3 Å². The molecule has 128 valence electrons. The number of hydrogen-bond donors (Lipinski definition) is 2. The van der Waals surface area contributed by atoms with Gasteiger partial charge in [0.25, 0.3) is 0 Å². The molecule has 0 atom stereocenters. The van der Waals surface area contributed by atoms with E-state index in [9.17, 15) is 4.79 Å². The van der Waals surface area contributed by atoms with Crippen LogP contribution in [0, 0.1) is 13.8 Å². The normalized spacial score (nSPS) is 10.2. The van der Waals surface area contributed by atoms with E-state index in [1.165, 1.54) is 11.1 Å². The molecule has 0 aliphatic carbocycles. The Balaban J connectivity index is 1.88. The van der Waals surface area contributed by atoms with Crippen LogP contribution in [0.1, 0.15) is 17.5 Å². The number of methoxy groups -OCH3 is 2. The van der Waals surface area contributed by atoms with Crippen molar-refractivity contribution in [1.82, 2.24) is 0 Å². The van der Waals surface area contributed by atoms with Crippen LogP contribution in [0.5, 0.6) is 11.5 Å². The zero-order chi connectivity index (χ0) is 17.5. The Hall–Kier alpha value is -2.69. The maximum atomic E-state index is 12.1. The molecule has 5 heteroatoms. The summed E-state index contributed by atoms with van der Waals surface area (Å²) in [5.74, 6) is 1.18. The lowest BCUT2D eigenvalue weighted by atomic mass is 10.1. The topological polar surface area (TPSA) is 59.6 Å². The molecule has 2 aromatic carbocycles. The van der Waals surface area contributed by atoms with Crippen molar-refractivity contribution in [1.29, 1.82) is 0 Å². The molecule has 2 rings (SSSR count). The van der Waals surface area contributed by atoms with Crippen LogP contribution in [0.4, 0.5) is 11.4 Å². The smallest absolute Gasteiger partial charge is 0.226 e. The van der Waals surface area contributed by atoms with Gasteiger partial charge in [0.05, 0.1) is 19.9 Å². The van der Waals surface area contributed by atoms with Gasteiger partial charge in [-0.05, 0) is 49.2 Å². The van der Waals surface area contributed by atoms with Crippen LogP contribution >= 0.6 is 0 Å². The molecule has 0 aliphatic rings. The molecule has 2 N–H and O–H groups in total. The summed E-state index contributed by atoms with van der Waals surface area (Å²) in [6.45, 7) is 4.71. The number of benzene rings is 2. The maximum Gasteiger partial charge on any atom is 0.226 e. The molecule has 0 saturated carbocycles. The summed E-state index contributed by atoms with van der Waals surface area (Å²) in [7, 11) is 3.15. The third-order valence-electron chi connectivity index (χ3n) is 3.87. The first-order valence-corrected chi connectivity index (χ1v) is 7.86. The third kappa shape index (κ3) is 4.65. The molecule has 0 bridgehead atoms. The van der Waals surface area contributed by atoms with Crippen molar-refractivity contribution in [2.24, 2.45) is 0 Å². The number of ether oxygens (including phenoxy) is 2. The Bertz CT molecular complexity index is 714. The molecule has 0 aliphatic heterocycles. The molecule has 0 fully saturated rings. The first-order chi connectivity index (χ1) is 11.5. The zero-order valence-electron chi connectivity index (χ0n) is 14.6. The second kappa shape index (κ2) is 8.24. The highest BCUT2D eigenvalue weighted by Crippen LogP contribution is 2.29. The highest BCUT2D eigenvalue weighted by Gasteiger charge is 2.09. The second-order valence-corrected chi connectivity index (χ2v) is 5.59. The van der Waals surface area contributed by atoms with Crippen molar-refractivity contribution in [3.8, 4) is 11.5 Å². The predicted molar refractivity (Wildman–Crippen MR) is 97.2 cm³/mol. The van der Waals surface area contributed by atoms with Gasteiger partial charge in [0.15, 0.2) is 0 Å². The van der Waals surface area contributed by atoms with Gasteiger partial charge in [-0.15, -0.1) is 0 Å². The Kier molecular flexibility index (Phi) is 6.07. The number of rotatable bonds is 7. The molecule has 2 aromatic rings. The summed E-state index contributed by atoms with van der Waals surface area (Å²) in [6.07, 6.45) is 0.363. The van der Waals surface area contributed by atoms with Gasteiger partial charge in [0.1, 0.15) is 11.5 Å². The van der Waals surface area contributed by atoms with E-state index in [0.717, 1.165) is 5.69 Å². The van der Waals surface area contributed by atoms with E-state index in [-0.39, 0.29) is 5.91 Å². The fourth-order valence-electron chi connectivity index (χ4n) is 2.29. The van der Waals surface area contributed by atoms with E-state index in [0.29, 0.717) is 30.2 Å². The van der Waals surface area contributed by atoms with Crippen LogP contribution in [0.3, 0.4) is 0 Å². The monoisotopic (exact) mass is 328 g/mol. The number of nitrogens with one attached hydrogen (secondary N) is 2. The number of hydrogen-bond acceptors (Lipinski definition) is 4. The Morgan fingerprint density at radius 1 is 1.00 bits per heavy atom. The van der Waals surface area contributed by atoms with Crippen LogP contribution in [0.2, 0.25) is 0 Å². The van der Waals surface area contributed by atoms with Crippen LogP contribution in [0.15, 0.2) is 36.4 Å². The van der Waals surface area contributed by atoms with E-state index >= 15 is 0 Å². The van der Waals surface area contributed by atoms with Crippen LogP contribution in [-0.4, -0.2) is 26.7 Å². The number of anilines is 2. The molecular formula is C19H24N2O3. The van der Waals surface area contributed by atoms with Crippen molar-refractivity contribution in [3.05, 3.63) is 47.5 Å².